The Hall–Kier alpha value is -2.66. The van der Waals surface area contributed by atoms with Crippen LogP contribution < -0.4 is 10.1 Å². The van der Waals surface area contributed by atoms with Crippen molar-refractivity contribution in [1.82, 2.24) is 10.2 Å². The summed E-state index contributed by atoms with van der Waals surface area (Å²) in [5, 5.41) is 3.96. The first-order chi connectivity index (χ1) is 14.5. The van der Waals surface area contributed by atoms with Crippen LogP contribution in [0.4, 0.5) is 0 Å². The van der Waals surface area contributed by atoms with Gasteiger partial charge in [0.2, 0.25) is 0 Å². The third kappa shape index (κ3) is 4.90. The van der Waals surface area contributed by atoms with Gasteiger partial charge in [-0.15, -0.1) is 0 Å². The molecule has 0 aromatic heterocycles. The van der Waals surface area contributed by atoms with E-state index in [1.165, 1.54) is 12.8 Å². The third-order valence-corrected chi connectivity index (χ3v) is 5.91. The lowest BCUT2D eigenvalue weighted by atomic mass is 9.89. The van der Waals surface area contributed by atoms with Gasteiger partial charge in [-0.05, 0) is 31.6 Å². The van der Waals surface area contributed by atoms with Crippen LogP contribution in [0, 0.1) is 0 Å². The molecule has 2 aromatic rings. The average molecular weight is 423 g/mol. The summed E-state index contributed by atoms with van der Waals surface area (Å²) in [6.45, 7) is 4.81. The van der Waals surface area contributed by atoms with E-state index in [2.05, 4.69) is 12.2 Å². The summed E-state index contributed by atoms with van der Waals surface area (Å²) in [6, 6.07) is 17.0. The fraction of sp³-hybridized carbons (Fsp3) is 0.360. The lowest BCUT2D eigenvalue weighted by Crippen LogP contribution is -2.45. The van der Waals surface area contributed by atoms with E-state index in [1.807, 2.05) is 73.5 Å². The second-order valence-corrected chi connectivity index (χ2v) is 7.97. The fourth-order valence-electron chi connectivity index (χ4n) is 3.67. The van der Waals surface area contributed by atoms with Gasteiger partial charge in [-0.25, -0.2) is 0 Å². The highest BCUT2D eigenvalue weighted by molar-refractivity contribution is 7.80. The quantitative estimate of drug-likeness (QED) is 0.321. The maximum Gasteiger partial charge on any atom is 0.193 e. The molecule has 0 bridgehead atoms. The van der Waals surface area contributed by atoms with E-state index in [4.69, 9.17) is 17.0 Å². The number of Topliss-reactive ketones (excluding diaryl/α,β-unsaturated/α-hetero) is 1. The molecule has 0 fully saturated rings. The van der Waals surface area contributed by atoms with Crippen LogP contribution in [0.5, 0.6) is 5.75 Å². The molecule has 1 unspecified atom stereocenters. The lowest BCUT2D eigenvalue weighted by Gasteiger charge is -2.36. The first-order valence-corrected chi connectivity index (χ1v) is 11.0. The standard InChI is InChI=1S/C25H30N2O2S/c1-4-5-6-12-17-29-21-16-11-10-15-20(21)23-22(18(2)27(3)25(30)26-23)24(28)19-13-8-7-9-14-19/h7-11,13-16,23H,4-6,12,17H2,1-3H3,(H,26,30). The Bertz CT molecular complexity index is 924. The first kappa shape index (κ1) is 22.0. The SMILES string of the molecule is CCCCCCOc1ccccc1C1NC(=S)N(C)C(C)=C1C(=O)c1ccccc1. The zero-order chi connectivity index (χ0) is 21.5. The molecule has 158 valence electrons. The number of ether oxygens (including phenoxy) is 1. The summed E-state index contributed by atoms with van der Waals surface area (Å²) in [5.74, 6) is 0.794. The summed E-state index contributed by atoms with van der Waals surface area (Å²) in [6.07, 6.45) is 4.59. The Morgan fingerprint density at radius 3 is 2.50 bits per heavy atom. The highest BCUT2D eigenvalue weighted by atomic mass is 32.1. The van der Waals surface area contributed by atoms with Gasteiger partial charge in [-0.3, -0.25) is 4.79 Å². The molecule has 0 amide bonds. The van der Waals surface area contributed by atoms with Crippen LogP contribution >= 0.6 is 12.2 Å². The summed E-state index contributed by atoms with van der Waals surface area (Å²) in [7, 11) is 1.88. The van der Waals surface area contributed by atoms with Gasteiger partial charge in [0.1, 0.15) is 5.75 Å². The number of nitrogens with zero attached hydrogens (tertiary/aromatic N) is 1. The van der Waals surface area contributed by atoms with Crippen molar-refractivity contribution in [1.29, 1.82) is 0 Å². The van der Waals surface area contributed by atoms with E-state index in [-0.39, 0.29) is 11.8 Å². The van der Waals surface area contributed by atoms with Crippen LogP contribution in [0.1, 0.15) is 61.5 Å². The third-order valence-electron chi connectivity index (χ3n) is 5.52. The van der Waals surface area contributed by atoms with E-state index in [1.54, 1.807) is 0 Å². The summed E-state index contributed by atoms with van der Waals surface area (Å²) in [5.41, 5.74) is 3.15. The smallest absolute Gasteiger partial charge is 0.193 e. The predicted octanol–water partition coefficient (Wildman–Crippen LogP) is 5.66. The molecule has 30 heavy (non-hydrogen) atoms. The van der Waals surface area contributed by atoms with Crippen LogP contribution in [0.2, 0.25) is 0 Å². The molecule has 0 saturated heterocycles. The topological polar surface area (TPSA) is 41.6 Å². The number of unbranched alkanes of at least 4 members (excludes halogenated alkanes) is 3. The van der Waals surface area contributed by atoms with Gasteiger partial charge in [0.05, 0.1) is 12.6 Å². The Labute approximate surface area is 184 Å². The van der Waals surface area contributed by atoms with E-state index < -0.39 is 0 Å². The van der Waals surface area contributed by atoms with E-state index >= 15 is 0 Å². The van der Waals surface area contributed by atoms with Crippen LogP contribution in [0.15, 0.2) is 65.9 Å². The van der Waals surface area contributed by atoms with Gasteiger partial charge in [-0.2, -0.15) is 0 Å². The number of allylic oxidation sites excluding steroid dienone is 1. The van der Waals surface area contributed by atoms with Gasteiger partial charge in [0.15, 0.2) is 10.9 Å². The lowest BCUT2D eigenvalue weighted by molar-refractivity contribution is 0.102. The molecule has 0 aliphatic carbocycles. The van der Waals surface area contributed by atoms with Crippen molar-refractivity contribution in [3.8, 4) is 5.75 Å². The summed E-state index contributed by atoms with van der Waals surface area (Å²) < 4.78 is 6.14. The monoisotopic (exact) mass is 422 g/mol. The molecule has 0 saturated carbocycles. The molecule has 1 heterocycles. The Kier molecular flexibility index (Phi) is 7.63. The highest BCUT2D eigenvalue weighted by Gasteiger charge is 2.34. The summed E-state index contributed by atoms with van der Waals surface area (Å²) >= 11 is 5.55. The van der Waals surface area contributed by atoms with Gasteiger partial charge < -0.3 is 15.0 Å². The second-order valence-electron chi connectivity index (χ2n) is 7.58. The number of hydrogen-bond acceptors (Lipinski definition) is 3. The molecular formula is C25H30N2O2S. The van der Waals surface area contributed by atoms with Crippen LogP contribution in [-0.2, 0) is 0 Å². The van der Waals surface area contributed by atoms with Crippen molar-refractivity contribution in [2.45, 2.75) is 45.6 Å². The second kappa shape index (κ2) is 10.4. The number of rotatable bonds is 9. The number of nitrogens with one attached hydrogen (secondary N) is 1. The van der Waals surface area contributed by atoms with Crippen molar-refractivity contribution in [3.05, 3.63) is 77.0 Å². The number of carbonyl (C=O) groups excluding carboxylic acids is 1. The van der Waals surface area contributed by atoms with Crippen molar-refractivity contribution in [3.63, 3.8) is 0 Å². The Morgan fingerprint density at radius 2 is 1.77 bits per heavy atom. The summed E-state index contributed by atoms with van der Waals surface area (Å²) in [4.78, 5) is 15.3. The first-order valence-electron chi connectivity index (χ1n) is 10.6. The zero-order valence-corrected chi connectivity index (χ0v) is 18.8. The molecule has 1 N–H and O–H groups in total. The van der Waals surface area contributed by atoms with Gasteiger partial charge in [-0.1, -0.05) is 74.7 Å². The number of para-hydroxylation sites is 1. The van der Waals surface area contributed by atoms with Gasteiger partial charge >= 0.3 is 0 Å². The molecule has 1 aliphatic heterocycles. The molecule has 3 rings (SSSR count). The maximum absolute atomic E-state index is 13.5. The minimum absolute atomic E-state index is 0.00213. The number of thiocarbonyl (C=S) groups is 1. The van der Waals surface area contributed by atoms with Crippen molar-refractivity contribution in [2.75, 3.05) is 13.7 Å². The fourth-order valence-corrected chi connectivity index (χ4v) is 3.92. The van der Waals surface area contributed by atoms with Crippen molar-refractivity contribution >= 4 is 23.1 Å². The number of carbonyl (C=O) groups is 1. The van der Waals surface area contributed by atoms with Crippen molar-refractivity contribution in [2.24, 2.45) is 0 Å². The molecule has 2 aromatic carbocycles. The average Bonchev–Trinajstić information content (AvgIpc) is 2.77. The molecule has 4 nitrogen and oxygen atoms in total. The maximum atomic E-state index is 13.5. The van der Waals surface area contributed by atoms with E-state index in [9.17, 15) is 4.79 Å². The molecule has 1 aliphatic rings. The normalized spacial score (nSPS) is 16.4. The predicted molar refractivity (Wildman–Crippen MR) is 126 cm³/mol. The molecule has 1 atom stereocenters. The van der Waals surface area contributed by atoms with Crippen LogP contribution in [0.3, 0.4) is 0 Å². The molecule has 5 heteroatoms. The molecule has 0 radical (unpaired) electrons. The van der Waals surface area contributed by atoms with Crippen LogP contribution in [0.25, 0.3) is 0 Å². The van der Waals surface area contributed by atoms with Crippen LogP contribution in [-0.4, -0.2) is 29.5 Å². The molecule has 0 spiro atoms. The minimum Gasteiger partial charge on any atom is -0.493 e. The Balaban J connectivity index is 1.95. The number of ketones is 1. The largest absolute Gasteiger partial charge is 0.493 e. The molecular weight excluding hydrogens is 392 g/mol. The number of hydrogen-bond donors (Lipinski definition) is 1. The zero-order valence-electron chi connectivity index (χ0n) is 18.0. The number of benzene rings is 2. The Morgan fingerprint density at radius 1 is 1.07 bits per heavy atom. The highest BCUT2D eigenvalue weighted by Crippen LogP contribution is 2.36. The van der Waals surface area contributed by atoms with Gasteiger partial charge in [0, 0.05) is 29.4 Å². The minimum atomic E-state index is -0.353. The van der Waals surface area contributed by atoms with Gasteiger partial charge in [0.25, 0.3) is 0 Å². The van der Waals surface area contributed by atoms with Crippen molar-refractivity contribution < 1.29 is 9.53 Å². The van der Waals surface area contributed by atoms with E-state index in [0.717, 1.165) is 29.9 Å². The van der Waals surface area contributed by atoms with E-state index in [0.29, 0.717) is 22.9 Å².